The van der Waals surface area contributed by atoms with E-state index in [9.17, 15) is 31.1 Å². The summed E-state index contributed by atoms with van der Waals surface area (Å²) in [5.74, 6) is -1.38. The van der Waals surface area contributed by atoms with E-state index in [0.29, 0.717) is 12.7 Å². The van der Waals surface area contributed by atoms with E-state index < -0.39 is 35.2 Å². The van der Waals surface area contributed by atoms with Crippen LogP contribution in [0.15, 0.2) is 47.5 Å². The summed E-state index contributed by atoms with van der Waals surface area (Å²) in [5.41, 5.74) is -2.50. The number of nitrogens with one attached hydrogen (secondary N) is 2. The molecular formula is C19H14F6N6O2. The number of alkyl halides is 6. The molecule has 0 radical (unpaired) electrons. The predicted octanol–water partition coefficient (Wildman–Crippen LogP) is 4.12. The van der Waals surface area contributed by atoms with Gasteiger partial charge in [0, 0.05) is 18.4 Å². The molecule has 2 aromatic heterocycles. The number of carbonyl (C=O) groups is 1. The molecule has 33 heavy (non-hydrogen) atoms. The molecule has 0 unspecified atom stereocenters. The molecule has 0 aliphatic carbocycles. The Morgan fingerprint density at radius 1 is 1.15 bits per heavy atom. The maximum absolute atomic E-state index is 13.3. The quantitative estimate of drug-likeness (QED) is 0.429. The maximum atomic E-state index is 13.3. The Labute approximate surface area is 181 Å². The molecule has 1 aromatic carbocycles. The van der Waals surface area contributed by atoms with Gasteiger partial charge in [0.25, 0.3) is 5.89 Å². The molecule has 0 spiro atoms. The van der Waals surface area contributed by atoms with Crippen LogP contribution in [-0.4, -0.2) is 32.4 Å². The van der Waals surface area contributed by atoms with E-state index in [-0.39, 0.29) is 34.1 Å². The number of rotatable bonds is 5. The van der Waals surface area contributed by atoms with E-state index in [0.717, 1.165) is 24.3 Å². The van der Waals surface area contributed by atoms with Crippen LogP contribution in [0.3, 0.4) is 0 Å². The first-order valence-electron chi connectivity index (χ1n) is 9.31. The summed E-state index contributed by atoms with van der Waals surface area (Å²) in [5, 5.41) is 16.1. The van der Waals surface area contributed by atoms with E-state index in [2.05, 4.69) is 32.5 Å². The number of carbonyl (C=O) groups excluding carboxylic acids is 1. The van der Waals surface area contributed by atoms with Crippen LogP contribution in [0.4, 0.5) is 37.8 Å². The first-order chi connectivity index (χ1) is 15.4. The molecule has 1 saturated heterocycles. The van der Waals surface area contributed by atoms with Crippen LogP contribution in [0.5, 0.6) is 0 Å². The van der Waals surface area contributed by atoms with Gasteiger partial charge in [-0.25, -0.2) is 0 Å². The number of hydrogen-bond donors (Lipinski definition) is 2. The standard InChI is InChI=1S/C19H14F6N6O2/c1-2-17(7-8-26-15(17)32)16-29-28-14(33-16)12-9-31(19(23,24)25)30-13(12)27-11-5-3-10(4-6-11)18(20,21)22/h2-6,9H,1,7-8H2,(H,26,32)(H,27,30)/t17-/m1/s1. The van der Waals surface area contributed by atoms with Gasteiger partial charge in [-0.2, -0.15) is 17.9 Å². The Morgan fingerprint density at radius 3 is 2.39 bits per heavy atom. The molecule has 1 aliphatic rings. The average molecular weight is 472 g/mol. The van der Waals surface area contributed by atoms with Crippen LogP contribution in [0.1, 0.15) is 17.9 Å². The fourth-order valence-corrected chi connectivity index (χ4v) is 3.27. The molecule has 1 atom stereocenters. The molecule has 8 nitrogen and oxygen atoms in total. The van der Waals surface area contributed by atoms with Crippen molar-refractivity contribution in [3.63, 3.8) is 0 Å². The van der Waals surface area contributed by atoms with Crippen molar-refractivity contribution in [2.75, 3.05) is 11.9 Å². The molecule has 174 valence electrons. The summed E-state index contributed by atoms with van der Waals surface area (Å²) in [7, 11) is 0. The Bertz CT molecular complexity index is 1200. The highest BCUT2D eigenvalue weighted by atomic mass is 19.4. The molecule has 3 aromatic rings. The lowest BCUT2D eigenvalue weighted by Crippen LogP contribution is -2.33. The summed E-state index contributed by atoms with van der Waals surface area (Å²) in [6.07, 6.45) is -7.32. The van der Waals surface area contributed by atoms with Gasteiger partial charge >= 0.3 is 12.5 Å². The SMILES string of the molecule is C=C[C@@]1(c2nnc(-c3cn(C(F)(F)F)nc3Nc3ccc(C(F)(F)F)cc3)o2)CCNC1=O. The van der Waals surface area contributed by atoms with E-state index in [1.807, 2.05) is 0 Å². The zero-order chi connectivity index (χ0) is 24.0. The number of anilines is 2. The van der Waals surface area contributed by atoms with Crippen LogP contribution >= 0.6 is 0 Å². The fraction of sp³-hybridized carbons (Fsp3) is 0.263. The van der Waals surface area contributed by atoms with Gasteiger partial charge in [0.1, 0.15) is 11.0 Å². The van der Waals surface area contributed by atoms with Crippen LogP contribution in [-0.2, 0) is 22.7 Å². The van der Waals surface area contributed by atoms with Gasteiger partial charge in [-0.3, -0.25) is 4.79 Å². The molecule has 1 amide bonds. The summed E-state index contributed by atoms with van der Waals surface area (Å²) in [6, 6.07) is 3.60. The highest BCUT2D eigenvalue weighted by molar-refractivity contribution is 5.91. The second-order valence-electron chi connectivity index (χ2n) is 7.10. The number of nitrogens with zero attached hydrogens (tertiary/aromatic N) is 4. The van der Waals surface area contributed by atoms with E-state index in [1.54, 1.807) is 0 Å². The van der Waals surface area contributed by atoms with Crippen molar-refractivity contribution in [3.8, 4) is 11.5 Å². The molecule has 14 heteroatoms. The third-order valence-corrected chi connectivity index (χ3v) is 5.04. The molecule has 4 rings (SSSR count). The molecule has 0 bridgehead atoms. The highest BCUT2D eigenvalue weighted by Crippen LogP contribution is 2.37. The van der Waals surface area contributed by atoms with Gasteiger partial charge in [-0.15, -0.1) is 35.0 Å². The summed E-state index contributed by atoms with van der Waals surface area (Å²) in [4.78, 5) is 12.2. The van der Waals surface area contributed by atoms with Gasteiger partial charge in [0.05, 0.1) is 5.56 Å². The van der Waals surface area contributed by atoms with E-state index in [4.69, 9.17) is 4.42 Å². The Hall–Kier alpha value is -3.84. The van der Waals surface area contributed by atoms with Crippen molar-refractivity contribution in [1.29, 1.82) is 0 Å². The van der Waals surface area contributed by atoms with Gasteiger partial charge in [-0.05, 0) is 30.7 Å². The van der Waals surface area contributed by atoms with Crippen LogP contribution in [0.25, 0.3) is 11.5 Å². The van der Waals surface area contributed by atoms with Crippen molar-refractivity contribution in [1.82, 2.24) is 25.3 Å². The minimum atomic E-state index is -4.90. The Balaban J connectivity index is 1.72. The second kappa shape index (κ2) is 7.64. The maximum Gasteiger partial charge on any atom is 0.504 e. The van der Waals surface area contributed by atoms with Crippen LogP contribution < -0.4 is 10.6 Å². The number of hydrogen-bond acceptors (Lipinski definition) is 6. The lowest BCUT2D eigenvalue weighted by atomic mass is 9.86. The average Bonchev–Trinajstić information content (AvgIpc) is 3.45. The van der Waals surface area contributed by atoms with Crippen molar-refractivity contribution in [2.24, 2.45) is 0 Å². The molecule has 2 N–H and O–H groups in total. The smallest absolute Gasteiger partial charge is 0.419 e. The fourth-order valence-electron chi connectivity index (χ4n) is 3.27. The lowest BCUT2D eigenvalue weighted by Gasteiger charge is -2.15. The highest BCUT2D eigenvalue weighted by Gasteiger charge is 2.46. The second-order valence-corrected chi connectivity index (χ2v) is 7.10. The first-order valence-corrected chi connectivity index (χ1v) is 9.31. The molecular weight excluding hydrogens is 458 g/mol. The summed E-state index contributed by atoms with van der Waals surface area (Å²) in [6.45, 7) is 3.93. The third-order valence-electron chi connectivity index (χ3n) is 5.04. The van der Waals surface area contributed by atoms with Crippen molar-refractivity contribution < 1.29 is 35.6 Å². The van der Waals surface area contributed by atoms with Crippen molar-refractivity contribution in [3.05, 3.63) is 54.6 Å². The normalized spacial score (nSPS) is 18.9. The Kier molecular flexibility index (Phi) is 5.17. The van der Waals surface area contributed by atoms with Gasteiger partial charge in [0.15, 0.2) is 5.82 Å². The monoisotopic (exact) mass is 472 g/mol. The molecule has 3 heterocycles. The number of amides is 1. The first kappa shape index (κ1) is 22.4. The minimum Gasteiger partial charge on any atom is -0.419 e. The molecule has 1 fully saturated rings. The molecule has 1 aliphatic heterocycles. The lowest BCUT2D eigenvalue weighted by molar-refractivity contribution is -0.212. The van der Waals surface area contributed by atoms with Crippen molar-refractivity contribution in [2.45, 2.75) is 24.3 Å². The number of benzene rings is 1. The van der Waals surface area contributed by atoms with E-state index in [1.165, 1.54) is 6.08 Å². The number of aromatic nitrogens is 4. The third kappa shape index (κ3) is 4.03. The van der Waals surface area contributed by atoms with Crippen LogP contribution in [0, 0.1) is 0 Å². The Morgan fingerprint density at radius 2 is 1.85 bits per heavy atom. The number of halogens is 6. The van der Waals surface area contributed by atoms with Gasteiger partial charge in [0.2, 0.25) is 11.8 Å². The van der Waals surface area contributed by atoms with Gasteiger partial charge in [-0.1, -0.05) is 6.08 Å². The minimum absolute atomic E-state index is 0.0362. The topological polar surface area (TPSA) is 97.9 Å². The zero-order valence-electron chi connectivity index (χ0n) is 16.5. The van der Waals surface area contributed by atoms with Gasteiger partial charge < -0.3 is 15.1 Å². The molecule has 0 saturated carbocycles. The zero-order valence-corrected chi connectivity index (χ0v) is 16.5. The predicted molar refractivity (Wildman–Crippen MR) is 101 cm³/mol. The van der Waals surface area contributed by atoms with E-state index >= 15 is 0 Å². The van der Waals surface area contributed by atoms with Crippen molar-refractivity contribution >= 4 is 17.4 Å². The largest absolute Gasteiger partial charge is 0.504 e. The summed E-state index contributed by atoms with van der Waals surface area (Å²) >= 11 is 0. The van der Waals surface area contributed by atoms with Crippen LogP contribution in [0.2, 0.25) is 0 Å². The summed E-state index contributed by atoms with van der Waals surface area (Å²) < 4.78 is 83.2.